The summed E-state index contributed by atoms with van der Waals surface area (Å²) in [4.78, 5) is 12.3. The molecule has 0 radical (unpaired) electrons. The zero-order chi connectivity index (χ0) is 17.2. The van der Waals surface area contributed by atoms with E-state index in [0.717, 1.165) is 19.3 Å². The van der Waals surface area contributed by atoms with E-state index in [1.54, 1.807) is 0 Å². The molecule has 1 aromatic rings. The quantitative estimate of drug-likeness (QED) is 0.465. The third-order valence-electron chi connectivity index (χ3n) is 3.91. The Morgan fingerprint density at radius 1 is 1.00 bits per heavy atom. The molecule has 0 heterocycles. The highest BCUT2D eigenvalue weighted by Crippen LogP contribution is 2.44. The molecule has 0 aliphatic rings. The van der Waals surface area contributed by atoms with Crippen molar-refractivity contribution < 1.29 is 24.5 Å². The highest BCUT2D eigenvalue weighted by atomic mass is 16.5. The molecule has 5 nitrogen and oxygen atoms in total. The Balaban J connectivity index is 2.63. The number of methoxy groups -OCH3 is 2. The van der Waals surface area contributed by atoms with E-state index < -0.39 is 0 Å². The summed E-state index contributed by atoms with van der Waals surface area (Å²) in [6, 6.07) is 1.29. The summed E-state index contributed by atoms with van der Waals surface area (Å²) in [5.74, 6) is -0.678. The van der Waals surface area contributed by atoms with E-state index in [1.807, 2.05) is 0 Å². The first-order chi connectivity index (χ1) is 11.1. The average Bonchev–Trinajstić information content (AvgIpc) is 2.53. The molecule has 0 unspecified atom stereocenters. The summed E-state index contributed by atoms with van der Waals surface area (Å²) in [5, 5.41) is 20.1. The fourth-order valence-electron chi connectivity index (χ4n) is 2.60. The topological polar surface area (TPSA) is 76.0 Å². The fourth-order valence-corrected chi connectivity index (χ4v) is 2.60. The minimum absolute atomic E-state index is 0.0632. The van der Waals surface area contributed by atoms with Gasteiger partial charge in [-0.1, -0.05) is 45.4 Å². The molecule has 0 saturated carbocycles. The first-order valence-electron chi connectivity index (χ1n) is 8.26. The Morgan fingerprint density at radius 3 is 2.17 bits per heavy atom. The summed E-state index contributed by atoms with van der Waals surface area (Å²) in [6.45, 7) is 2.18. The number of hydrogen-bond acceptors (Lipinski definition) is 5. The van der Waals surface area contributed by atoms with Crippen molar-refractivity contribution in [3.05, 3.63) is 11.6 Å². The van der Waals surface area contributed by atoms with Crippen molar-refractivity contribution in [2.24, 2.45) is 0 Å². The zero-order valence-electron chi connectivity index (χ0n) is 14.4. The molecular formula is C18H28O5. The largest absolute Gasteiger partial charge is 0.507 e. The van der Waals surface area contributed by atoms with Crippen LogP contribution in [-0.2, 0) is 0 Å². The maximum absolute atomic E-state index is 12.3. The Bertz CT molecular complexity index is 511. The molecule has 0 atom stereocenters. The van der Waals surface area contributed by atoms with Crippen LogP contribution >= 0.6 is 0 Å². The van der Waals surface area contributed by atoms with Crippen LogP contribution in [-0.4, -0.2) is 30.2 Å². The lowest BCUT2D eigenvalue weighted by Crippen LogP contribution is -2.03. The molecule has 1 rings (SSSR count). The lowest BCUT2D eigenvalue weighted by Gasteiger charge is -2.14. The maximum atomic E-state index is 12.3. The van der Waals surface area contributed by atoms with Crippen LogP contribution in [0.15, 0.2) is 6.07 Å². The van der Waals surface area contributed by atoms with Gasteiger partial charge in [-0.2, -0.15) is 0 Å². The number of ether oxygens (including phenoxy) is 2. The lowest BCUT2D eigenvalue weighted by molar-refractivity contribution is 0.0973. The first kappa shape index (κ1) is 19.1. The predicted octanol–water partition coefficient (Wildman–Crippen LogP) is 4.44. The van der Waals surface area contributed by atoms with Gasteiger partial charge in [-0.25, -0.2) is 0 Å². The van der Waals surface area contributed by atoms with Gasteiger partial charge in [-0.05, 0) is 6.42 Å². The van der Waals surface area contributed by atoms with Crippen LogP contribution in [0.2, 0.25) is 0 Å². The molecule has 0 fully saturated rings. The van der Waals surface area contributed by atoms with Gasteiger partial charge in [0.05, 0.1) is 14.2 Å². The molecule has 130 valence electrons. The van der Waals surface area contributed by atoms with Crippen LogP contribution in [0, 0.1) is 0 Å². The standard InChI is InChI=1S/C18H28O5/c1-4-5-6-7-8-9-10-11-13(19)16-14(20)12-15(22-2)18(23-3)17(16)21/h12,20-21H,4-11H2,1-3H3. The van der Waals surface area contributed by atoms with Crippen molar-refractivity contribution in [2.45, 2.75) is 58.3 Å². The van der Waals surface area contributed by atoms with Gasteiger partial charge in [0.15, 0.2) is 17.3 Å². The van der Waals surface area contributed by atoms with Gasteiger partial charge in [0.1, 0.15) is 11.3 Å². The van der Waals surface area contributed by atoms with E-state index in [2.05, 4.69) is 6.92 Å². The van der Waals surface area contributed by atoms with E-state index in [4.69, 9.17) is 9.47 Å². The summed E-state index contributed by atoms with van der Waals surface area (Å²) in [6.07, 6.45) is 8.03. The van der Waals surface area contributed by atoms with Crippen LogP contribution in [0.1, 0.15) is 68.6 Å². The van der Waals surface area contributed by atoms with Crippen molar-refractivity contribution in [1.29, 1.82) is 0 Å². The van der Waals surface area contributed by atoms with Crippen molar-refractivity contribution >= 4 is 5.78 Å². The van der Waals surface area contributed by atoms with E-state index in [9.17, 15) is 15.0 Å². The molecule has 23 heavy (non-hydrogen) atoms. The highest BCUT2D eigenvalue weighted by Gasteiger charge is 2.23. The van der Waals surface area contributed by atoms with Gasteiger partial charge in [-0.3, -0.25) is 4.79 Å². The number of carbonyl (C=O) groups is 1. The highest BCUT2D eigenvalue weighted by molar-refractivity contribution is 6.02. The number of phenolic OH excluding ortho intramolecular Hbond substituents is 2. The summed E-state index contributed by atoms with van der Waals surface area (Å²) in [7, 11) is 2.77. The van der Waals surface area contributed by atoms with Gasteiger partial charge in [0, 0.05) is 12.5 Å². The number of ketones is 1. The SMILES string of the molecule is CCCCCCCCCC(=O)c1c(O)cc(OC)c(OC)c1O. The van der Waals surface area contributed by atoms with Gasteiger partial charge < -0.3 is 19.7 Å². The molecule has 0 aliphatic carbocycles. The monoisotopic (exact) mass is 324 g/mol. The van der Waals surface area contributed by atoms with Crippen LogP contribution in [0.3, 0.4) is 0 Å². The summed E-state index contributed by atoms with van der Waals surface area (Å²) < 4.78 is 10.1. The molecule has 0 aliphatic heterocycles. The molecule has 0 amide bonds. The minimum Gasteiger partial charge on any atom is -0.507 e. The normalized spacial score (nSPS) is 10.6. The second kappa shape index (κ2) is 9.98. The zero-order valence-corrected chi connectivity index (χ0v) is 14.4. The van der Waals surface area contributed by atoms with Crippen molar-refractivity contribution in [3.8, 4) is 23.0 Å². The molecule has 0 bridgehead atoms. The molecule has 2 N–H and O–H groups in total. The van der Waals surface area contributed by atoms with Crippen molar-refractivity contribution in [2.75, 3.05) is 14.2 Å². The number of Topliss-reactive ketones (excluding diaryl/α,β-unsaturated/α-hetero) is 1. The van der Waals surface area contributed by atoms with Gasteiger partial charge in [0.2, 0.25) is 5.75 Å². The molecule has 5 heteroatoms. The number of carbonyl (C=O) groups excluding carboxylic acids is 1. The average molecular weight is 324 g/mol. The van der Waals surface area contributed by atoms with E-state index in [0.29, 0.717) is 6.42 Å². The third kappa shape index (κ3) is 5.34. The molecule has 0 saturated heterocycles. The lowest BCUT2D eigenvalue weighted by atomic mass is 10.0. The van der Waals surface area contributed by atoms with Crippen LogP contribution in [0.25, 0.3) is 0 Å². The molecular weight excluding hydrogens is 296 g/mol. The van der Waals surface area contributed by atoms with Crippen molar-refractivity contribution in [3.63, 3.8) is 0 Å². The van der Waals surface area contributed by atoms with Crippen LogP contribution in [0.5, 0.6) is 23.0 Å². The number of benzene rings is 1. The van der Waals surface area contributed by atoms with Gasteiger partial charge >= 0.3 is 0 Å². The van der Waals surface area contributed by atoms with Gasteiger partial charge in [-0.15, -0.1) is 0 Å². The minimum atomic E-state index is -0.364. The fraction of sp³-hybridized carbons (Fsp3) is 0.611. The summed E-state index contributed by atoms with van der Waals surface area (Å²) in [5.41, 5.74) is -0.0892. The first-order valence-corrected chi connectivity index (χ1v) is 8.26. The van der Waals surface area contributed by atoms with Crippen LogP contribution < -0.4 is 9.47 Å². The Labute approximate surface area is 138 Å². The Morgan fingerprint density at radius 2 is 1.61 bits per heavy atom. The summed E-state index contributed by atoms with van der Waals surface area (Å²) >= 11 is 0. The number of unbranched alkanes of at least 4 members (excludes halogenated alkanes) is 6. The number of hydrogen-bond donors (Lipinski definition) is 2. The van der Waals surface area contributed by atoms with E-state index in [1.165, 1.54) is 46.0 Å². The smallest absolute Gasteiger partial charge is 0.204 e. The Kier molecular flexibility index (Phi) is 8.30. The second-order valence-electron chi connectivity index (χ2n) is 5.65. The molecule has 0 spiro atoms. The second-order valence-corrected chi connectivity index (χ2v) is 5.65. The molecule has 1 aromatic carbocycles. The maximum Gasteiger partial charge on any atom is 0.204 e. The number of phenols is 2. The number of aromatic hydroxyl groups is 2. The van der Waals surface area contributed by atoms with E-state index >= 15 is 0 Å². The third-order valence-corrected chi connectivity index (χ3v) is 3.91. The van der Waals surface area contributed by atoms with E-state index in [-0.39, 0.29) is 34.3 Å². The Hall–Kier alpha value is -1.91. The molecule has 0 aromatic heterocycles. The number of rotatable bonds is 11. The predicted molar refractivity (Wildman–Crippen MR) is 89.8 cm³/mol. The van der Waals surface area contributed by atoms with Gasteiger partial charge in [0.25, 0.3) is 0 Å². The van der Waals surface area contributed by atoms with Crippen LogP contribution in [0.4, 0.5) is 0 Å². The van der Waals surface area contributed by atoms with Crippen molar-refractivity contribution in [1.82, 2.24) is 0 Å².